The van der Waals surface area contributed by atoms with Gasteiger partial charge in [0.25, 0.3) is 0 Å². The molecule has 10 heteroatoms. The zero-order valence-electron chi connectivity index (χ0n) is 22.2. The predicted molar refractivity (Wildman–Crippen MR) is 141 cm³/mol. The van der Waals surface area contributed by atoms with Crippen LogP contribution in [-0.4, -0.2) is 79.1 Å². The van der Waals surface area contributed by atoms with Crippen molar-refractivity contribution in [2.24, 2.45) is 22.7 Å². The molecule has 0 radical (unpaired) electrons. The lowest BCUT2D eigenvalue weighted by Crippen LogP contribution is -3.14. The van der Waals surface area contributed by atoms with Crippen molar-refractivity contribution in [3.05, 3.63) is 10.6 Å². The Kier molecular flexibility index (Phi) is 7.94. The Balaban J connectivity index is 1.36. The normalized spacial score (nSPS) is 34.2. The van der Waals surface area contributed by atoms with Crippen molar-refractivity contribution < 1.29 is 29.4 Å². The molecule has 3 fully saturated rings. The first-order valence-corrected chi connectivity index (χ1v) is 14.8. The standard InChI is InChI=1S/C27H42N4O5S/c1-26-7-6-21(33)27(2,16-32)20(26)15-19-23(29-25(37-19)30-24(35)17-4-3-5-17)18(26)14-22(34)28-8-9-31-10-12-36-13-11-31/h17-18,20-21,32-33H,3-16H2,1-2H3,(H,28,34)(H,29,30,35)/p+1/t18-,20+,21-,26+,27+/m1/s1. The Morgan fingerprint density at radius 3 is 2.65 bits per heavy atom. The molecule has 0 spiro atoms. The van der Waals surface area contributed by atoms with Crippen LogP contribution in [0.2, 0.25) is 0 Å². The number of carbonyl (C=O) groups excluding carboxylic acids is 2. The highest BCUT2D eigenvalue weighted by atomic mass is 32.1. The van der Waals surface area contributed by atoms with E-state index in [0.29, 0.717) is 30.9 Å². The SMILES string of the molecule is C[C@]1(CO)[C@H]2Cc3sc(NC(=O)C4CCC4)nc3[C@@H](CC(=O)NCC[NH+]3CCOCC3)[C@]2(C)CC[C@H]1O. The Labute approximate surface area is 223 Å². The number of thiazole rings is 1. The maximum Gasteiger partial charge on any atom is 0.229 e. The van der Waals surface area contributed by atoms with Crippen molar-refractivity contribution in [2.45, 2.75) is 70.8 Å². The van der Waals surface area contributed by atoms with E-state index < -0.39 is 11.5 Å². The second-order valence-electron chi connectivity index (χ2n) is 12.1. The summed E-state index contributed by atoms with van der Waals surface area (Å²) in [4.78, 5) is 33.3. The molecule has 5 rings (SSSR count). The molecule has 5 N–H and O–H groups in total. The van der Waals surface area contributed by atoms with Gasteiger partial charge in [0.15, 0.2) is 5.13 Å². The molecule has 0 unspecified atom stereocenters. The molecule has 9 nitrogen and oxygen atoms in total. The van der Waals surface area contributed by atoms with E-state index in [1.807, 2.05) is 6.92 Å². The van der Waals surface area contributed by atoms with Crippen molar-refractivity contribution in [3.63, 3.8) is 0 Å². The maximum absolute atomic E-state index is 13.3. The summed E-state index contributed by atoms with van der Waals surface area (Å²) < 4.78 is 5.43. The third kappa shape index (κ3) is 5.20. The molecule has 1 aliphatic heterocycles. The first kappa shape index (κ1) is 27.0. The fourth-order valence-electron chi connectivity index (χ4n) is 7.12. The summed E-state index contributed by atoms with van der Waals surface area (Å²) >= 11 is 1.50. The van der Waals surface area contributed by atoms with Gasteiger partial charge in [-0.15, -0.1) is 11.3 Å². The predicted octanol–water partition coefficient (Wildman–Crippen LogP) is 0.719. The van der Waals surface area contributed by atoms with Crippen molar-refractivity contribution in [3.8, 4) is 0 Å². The van der Waals surface area contributed by atoms with Crippen LogP contribution < -0.4 is 15.5 Å². The fourth-order valence-corrected chi connectivity index (χ4v) is 8.19. The minimum absolute atomic E-state index is 0.00692. The highest BCUT2D eigenvalue weighted by Crippen LogP contribution is 2.62. The number of amides is 2. The van der Waals surface area contributed by atoms with E-state index >= 15 is 0 Å². The number of aromatic nitrogens is 1. The molecule has 37 heavy (non-hydrogen) atoms. The molecule has 0 bridgehead atoms. The summed E-state index contributed by atoms with van der Waals surface area (Å²) in [6.45, 7) is 9.08. The van der Waals surface area contributed by atoms with Crippen LogP contribution in [0.25, 0.3) is 0 Å². The van der Waals surface area contributed by atoms with E-state index in [1.165, 1.54) is 16.2 Å². The van der Waals surface area contributed by atoms with Crippen LogP contribution >= 0.6 is 11.3 Å². The first-order valence-electron chi connectivity index (χ1n) is 14.0. The summed E-state index contributed by atoms with van der Waals surface area (Å²) in [7, 11) is 0. The Morgan fingerprint density at radius 2 is 1.97 bits per heavy atom. The van der Waals surface area contributed by atoms with Crippen LogP contribution in [0, 0.1) is 22.7 Å². The molecule has 5 atom stereocenters. The van der Waals surface area contributed by atoms with Crippen molar-refractivity contribution in [1.29, 1.82) is 0 Å². The van der Waals surface area contributed by atoms with Crippen LogP contribution in [0.15, 0.2) is 0 Å². The quantitative estimate of drug-likeness (QED) is 0.334. The number of anilines is 1. The summed E-state index contributed by atoms with van der Waals surface area (Å²) in [5, 5.41) is 28.2. The molecular formula is C27H43N4O5S+. The largest absolute Gasteiger partial charge is 0.396 e. The molecule has 3 aliphatic carbocycles. The third-order valence-corrected chi connectivity index (χ3v) is 11.0. The molecule has 1 saturated heterocycles. The first-order chi connectivity index (χ1) is 17.7. The zero-order chi connectivity index (χ0) is 26.2. The number of hydrogen-bond acceptors (Lipinski definition) is 7. The molecule has 2 heterocycles. The number of aliphatic hydroxyl groups is 2. The highest BCUT2D eigenvalue weighted by Gasteiger charge is 2.59. The van der Waals surface area contributed by atoms with E-state index in [2.05, 4.69) is 17.6 Å². The molecule has 2 amide bonds. The van der Waals surface area contributed by atoms with Gasteiger partial charge in [-0.05, 0) is 43.4 Å². The van der Waals surface area contributed by atoms with Crippen molar-refractivity contribution in [2.75, 3.05) is 51.3 Å². The van der Waals surface area contributed by atoms with Crippen LogP contribution in [0.5, 0.6) is 0 Å². The van der Waals surface area contributed by atoms with Gasteiger partial charge < -0.3 is 30.5 Å². The summed E-state index contributed by atoms with van der Waals surface area (Å²) in [5.41, 5.74) is -0.0311. The third-order valence-electron chi connectivity index (χ3n) is 9.99. The van der Waals surface area contributed by atoms with Gasteiger partial charge in [-0.2, -0.15) is 0 Å². The molecule has 206 valence electrons. The number of rotatable bonds is 8. The average Bonchev–Trinajstić information content (AvgIpc) is 3.24. The minimum Gasteiger partial charge on any atom is -0.396 e. The number of fused-ring (bicyclic) bond motifs is 2. The van der Waals surface area contributed by atoms with Crippen molar-refractivity contribution in [1.82, 2.24) is 10.3 Å². The van der Waals surface area contributed by atoms with Crippen LogP contribution in [0.1, 0.15) is 68.9 Å². The number of quaternary nitrogens is 1. The molecule has 1 aromatic rings. The fraction of sp³-hybridized carbons (Fsp3) is 0.815. The molecule has 4 aliphatic rings. The number of nitrogens with zero attached hydrogens (tertiary/aromatic N) is 1. The van der Waals surface area contributed by atoms with Gasteiger partial charge >= 0.3 is 0 Å². The van der Waals surface area contributed by atoms with E-state index in [4.69, 9.17) is 9.72 Å². The van der Waals surface area contributed by atoms with Gasteiger partial charge in [0.05, 0.1) is 44.7 Å². The van der Waals surface area contributed by atoms with Gasteiger partial charge in [-0.25, -0.2) is 4.98 Å². The summed E-state index contributed by atoms with van der Waals surface area (Å²) in [6, 6.07) is 0. The topological polar surface area (TPSA) is 125 Å². The molecule has 1 aromatic heterocycles. The van der Waals surface area contributed by atoms with Crippen LogP contribution in [0.3, 0.4) is 0 Å². The van der Waals surface area contributed by atoms with Gasteiger partial charge in [0, 0.05) is 28.5 Å². The molecule has 0 aromatic carbocycles. The van der Waals surface area contributed by atoms with E-state index in [9.17, 15) is 19.8 Å². The van der Waals surface area contributed by atoms with Crippen LogP contribution in [-0.2, 0) is 20.7 Å². The average molecular weight is 536 g/mol. The Hall–Kier alpha value is -1.59. The van der Waals surface area contributed by atoms with E-state index in [0.717, 1.165) is 69.1 Å². The number of morpholine rings is 1. The highest BCUT2D eigenvalue weighted by molar-refractivity contribution is 7.15. The van der Waals surface area contributed by atoms with Crippen molar-refractivity contribution >= 4 is 28.3 Å². The lowest BCUT2D eigenvalue weighted by atomic mass is 9.47. The summed E-state index contributed by atoms with van der Waals surface area (Å²) in [5.74, 6) is -0.00988. The number of ether oxygens (including phenoxy) is 1. The smallest absolute Gasteiger partial charge is 0.229 e. The van der Waals surface area contributed by atoms with Gasteiger partial charge in [0.2, 0.25) is 11.8 Å². The summed E-state index contributed by atoms with van der Waals surface area (Å²) in [6.07, 6.45) is 4.73. The van der Waals surface area contributed by atoms with Crippen LogP contribution in [0.4, 0.5) is 5.13 Å². The number of hydrogen-bond donors (Lipinski definition) is 5. The van der Waals surface area contributed by atoms with Gasteiger partial charge in [-0.1, -0.05) is 20.3 Å². The Morgan fingerprint density at radius 1 is 1.22 bits per heavy atom. The van der Waals surface area contributed by atoms with Gasteiger partial charge in [-0.3, -0.25) is 9.59 Å². The second kappa shape index (κ2) is 10.9. The lowest BCUT2D eigenvalue weighted by Gasteiger charge is -2.58. The van der Waals surface area contributed by atoms with E-state index in [-0.39, 0.29) is 41.6 Å². The monoisotopic (exact) mass is 535 g/mol. The number of aliphatic hydroxyl groups excluding tert-OH is 2. The molecular weight excluding hydrogens is 492 g/mol. The lowest BCUT2D eigenvalue weighted by molar-refractivity contribution is -0.906. The zero-order valence-corrected chi connectivity index (χ0v) is 23.0. The molecule has 2 saturated carbocycles. The maximum atomic E-state index is 13.3. The minimum atomic E-state index is -0.654. The number of carbonyl (C=O) groups is 2. The number of nitrogens with one attached hydrogen (secondary N) is 3. The Bertz CT molecular complexity index is 993. The second-order valence-corrected chi connectivity index (χ2v) is 13.2. The van der Waals surface area contributed by atoms with E-state index in [1.54, 1.807) is 0 Å². The van der Waals surface area contributed by atoms with Gasteiger partial charge in [0.1, 0.15) is 13.1 Å².